The molecule has 1 amide bonds. The van der Waals surface area contributed by atoms with E-state index in [1.54, 1.807) is 24.1 Å². The van der Waals surface area contributed by atoms with Crippen molar-refractivity contribution in [2.45, 2.75) is 18.8 Å². The van der Waals surface area contributed by atoms with Crippen molar-refractivity contribution in [2.75, 3.05) is 33.4 Å². The lowest BCUT2D eigenvalue weighted by atomic mass is 9.92. The first-order chi connectivity index (χ1) is 10.6. The van der Waals surface area contributed by atoms with E-state index in [4.69, 9.17) is 14.6 Å². The Morgan fingerprint density at radius 3 is 2.41 bits per heavy atom. The van der Waals surface area contributed by atoms with Gasteiger partial charge in [-0.25, -0.2) is 0 Å². The lowest BCUT2D eigenvalue weighted by molar-refractivity contribution is -0.138. The zero-order chi connectivity index (χ0) is 15.9. The predicted molar refractivity (Wildman–Crippen MR) is 80.0 cm³/mol. The van der Waals surface area contributed by atoms with Crippen LogP contribution in [0.15, 0.2) is 24.3 Å². The fourth-order valence-corrected chi connectivity index (χ4v) is 2.55. The highest BCUT2D eigenvalue weighted by Crippen LogP contribution is 2.26. The Labute approximate surface area is 129 Å². The zero-order valence-corrected chi connectivity index (χ0v) is 12.7. The molecule has 6 nitrogen and oxygen atoms in total. The minimum atomic E-state index is -0.907. The molecule has 2 rings (SSSR count). The third-order valence-corrected chi connectivity index (χ3v) is 3.79. The van der Waals surface area contributed by atoms with Gasteiger partial charge in [-0.3, -0.25) is 9.59 Å². The monoisotopic (exact) mass is 307 g/mol. The van der Waals surface area contributed by atoms with E-state index in [0.717, 1.165) is 5.56 Å². The number of amides is 1. The van der Waals surface area contributed by atoms with Crippen LogP contribution in [0, 0.1) is 0 Å². The highest BCUT2D eigenvalue weighted by molar-refractivity contribution is 5.78. The van der Waals surface area contributed by atoms with Crippen molar-refractivity contribution in [1.29, 1.82) is 0 Å². The number of carbonyl (C=O) groups is 2. The van der Waals surface area contributed by atoms with Crippen LogP contribution in [-0.4, -0.2) is 55.3 Å². The molecule has 1 aromatic rings. The number of carboxylic acids is 1. The molecule has 0 saturated carbocycles. The maximum Gasteiger partial charge on any atom is 0.303 e. The van der Waals surface area contributed by atoms with Crippen LogP contribution in [0.1, 0.15) is 24.3 Å². The maximum atomic E-state index is 12.3. The molecule has 0 aliphatic carbocycles. The average Bonchev–Trinajstić information content (AvgIpc) is 2.54. The Morgan fingerprint density at radius 2 is 1.86 bits per heavy atom. The van der Waals surface area contributed by atoms with Gasteiger partial charge in [0.05, 0.1) is 26.7 Å². The Kier molecular flexibility index (Phi) is 5.77. The first-order valence-corrected chi connectivity index (χ1v) is 7.31. The van der Waals surface area contributed by atoms with Crippen LogP contribution in [0.3, 0.4) is 0 Å². The number of methoxy groups -OCH3 is 1. The van der Waals surface area contributed by atoms with E-state index in [-0.39, 0.29) is 24.7 Å². The van der Waals surface area contributed by atoms with Crippen LogP contribution in [-0.2, 0) is 14.3 Å². The molecule has 6 heteroatoms. The van der Waals surface area contributed by atoms with Crippen molar-refractivity contribution < 1.29 is 24.2 Å². The Balaban J connectivity index is 2.07. The summed E-state index contributed by atoms with van der Waals surface area (Å²) >= 11 is 0. The van der Waals surface area contributed by atoms with Gasteiger partial charge in [0.15, 0.2) is 0 Å². The molecule has 0 radical (unpaired) electrons. The summed E-state index contributed by atoms with van der Waals surface area (Å²) in [7, 11) is 1.58. The third kappa shape index (κ3) is 4.46. The second-order valence-corrected chi connectivity index (χ2v) is 5.27. The number of aliphatic carboxylic acids is 1. The molecule has 0 unspecified atom stereocenters. The van der Waals surface area contributed by atoms with Gasteiger partial charge in [0.25, 0.3) is 0 Å². The van der Waals surface area contributed by atoms with Gasteiger partial charge in [-0.2, -0.15) is 0 Å². The van der Waals surface area contributed by atoms with Crippen molar-refractivity contribution in [2.24, 2.45) is 0 Å². The van der Waals surface area contributed by atoms with Crippen molar-refractivity contribution in [3.05, 3.63) is 29.8 Å². The van der Waals surface area contributed by atoms with Crippen molar-refractivity contribution >= 4 is 11.9 Å². The van der Waals surface area contributed by atoms with Gasteiger partial charge in [-0.15, -0.1) is 0 Å². The van der Waals surface area contributed by atoms with Crippen molar-refractivity contribution in [1.82, 2.24) is 4.90 Å². The second kappa shape index (κ2) is 7.79. The Bertz CT molecular complexity index is 508. The third-order valence-electron chi connectivity index (χ3n) is 3.79. The van der Waals surface area contributed by atoms with Crippen LogP contribution in [0.2, 0.25) is 0 Å². The minimum Gasteiger partial charge on any atom is -0.497 e. The molecule has 1 aliphatic rings. The summed E-state index contributed by atoms with van der Waals surface area (Å²) in [4.78, 5) is 25.2. The molecule has 0 aromatic heterocycles. The molecule has 1 N–H and O–H groups in total. The van der Waals surface area contributed by atoms with E-state index >= 15 is 0 Å². The van der Waals surface area contributed by atoms with Gasteiger partial charge in [0.1, 0.15) is 5.75 Å². The quantitative estimate of drug-likeness (QED) is 0.862. The van der Waals surface area contributed by atoms with Crippen LogP contribution in [0.25, 0.3) is 0 Å². The van der Waals surface area contributed by atoms with E-state index in [1.165, 1.54) is 0 Å². The number of carbonyl (C=O) groups excluding carboxylic acids is 1. The van der Waals surface area contributed by atoms with Crippen LogP contribution < -0.4 is 4.74 Å². The Morgan fingerprint density at radius 1 is 1.23 bits per heavy atom. The summed E-state index contributed by atoms with van der Waals surface area (Å²) in [5.74, 6) is -0.558. The molecule has 1 aromatic carbocycles. The van der Waals surface area contributed by atoms with Gasteiger partial charge >= 0.3 is 5.97 Å². The SMILES string of the molecule is COc1ccc([C@H](CC(=O)O)CC(=O)N2CCOCC2)cc1. The summed E-state index contributed by atoms with van der Waals surface area (Å²) < 4.78 is 10.3. The summed E-state index contributed by atoms with van der Waals surface area (Å²) in [6.07, 6.45) is 0.126. The normalized spacial score (nSPS) is 16.1. The summed E-state index contributed by atoms with van der Waals surface area (Å²) in [6, 6.07) is 7.20. The molecule has 1 saturated heterocycles. The molecule has 0 bridgehead atoms. The van der Waals surface area contributed by atoms with Gasteiger partial charge in [0.2, 0.25) is 5.91 Å². The molecular formula is C16H21NO5. The number of hydrogen-bond acceptors (Lipinski definition) is 4. The van der Waals surface area contributed by atoms with Crippen molar-refractivity contribution in [3.8, 4) is 5.75 Å². The standard InChI is InChI=1S/C16H21NO5/c1-21-14-4-2-12(3-5-14)13(11-16(19)20)10-15(18)17-6-8-22-9-7-17/h2-5,13H,6-11H2,1H3,(H,19,20)/t13-/m0/s1. The van der Waals surface area contributed by atoms with E-state index in [0.29, 0.717) is 32.1 Å². The largest absolute Gasteiger partial charge is 0.497 e. The zero-order valence-electron chi connectivity index (χ0n) is 12.7. The number of carboxylic acid groups (broad SMARTS) is 1. The number of nitrogens with zero attached hydrogens (tertiary/aromatic N) is 1. The first kappa shape index (κ1) is 16.3. The summed E-state index contributed by atoms with van der Waals surface area (Å²) in [5.41, 5.74) is 0.838. The van der Waals surface area contributed by atoms with Gasteiger partial charge in [0, 0.05) is 25.4 Å². The molecule has 1 heterocycles. The fourth-order valence-electron chi connectivity index (χ4n) is 2.55. The van der Waals surface area contributed by atoms with E-state index in [1.807, 2.05) is 12.1 Å². The molecule has 22 heavy (non-hydrogen) atoms. The van der Waals surface area contributed by atoms with E-state index < -0.39 is 5.97 Å². The lowest BCUT2D eigenvalue weighted by Gasteiger charge is -2.28. The molecule has 1 fully saturated rings. The maximum absolute atomic E-state index is 12.3. The number of rotatable bonds is 6. The Hall–Kier alpha value is -2.08. The number of ether oxygens (including phenoxy) is 2. The minimum absolute atomic E-state index is 0.0228. The van der Waals surface area contributed by atoms with Crippen LogP contribution in [0.5, 0.6) is 5.75 Å². The lowest BCUT2D eigenvalue weighted by Crippen LogP contribution is -2.41. The molecular weight excluding hydrogens is 286 g/mol. The van der Waals surface area contributed by atoms with Gasteiger partial charge < -0.3 is 19.5 Å². The molecule has 120 valence electrons. The predicted octanol–water partition coefficient (Wildman–Crippen LogP) is 1.50. The highest BCUT2D eigenvalue weighted by Gasteiger charge is 2.24. The second-order valence-electron chi connectivity index (χ2n) is 5.27. The van der Waals surface area contributed by atoms with E-state index in [2.05, 4.69) is 0 Å². The molecule has 1 atom stereocenters. The fraction of sp³-hybridized carbons (Fsp3) is 0.500. The summed E-state index contributed by atoms with van der Waals surface area (Å²) in [5, 5.41) is 9.10. The number of hydrogen-bond donors (Lipinski definition) is 1. The van der Waals surface area contributed by atoms with Gasteiger partial charge in [-0.05, 0) is 17.7 Å². The summed E-state index contributed by atoms with van der Waals surface area (Å²) in [6.45, 7) is 2.22. The van der Waals surface area contributed by atoms with Crippen LogP contribution in [0.4, 0.5) is 0 Å². The molecule has 1 aliphatic heterocycles. The number of benzene rings is 1. The van der Waals surface area contributed by atoms with E-state index in [9.17, 15) is 9.59 Å². The smallest absolute Gasteiger partial charge is 0.303 e. The van der Waals surface area contributed by atoms with Crippen molar-refractivity contribution in [3.63, 3.8) is 0 Å². The topological polar surface area (TPSA) is 76.1 Å². The van der Waals surface area contributed by atoms with Gasteiger partial charge in [-0.1, -0.05) is 12.1 Å². The molecule has 0 spiro atoms. The average molecular weight is 307 g/mol. The first-order valence-electron chi connectivity index (χ1n) is 7.31. The van der Waals surface area contributed by atoms with Crippen LogP contribution >= 0.6 is 0 Å². The highest BCUT2D eigenvalue weighted by atomic mass is 16.5. The number of morpholine rings is 1.